The third-order valence-electron chi connectivity index (χ3n) is 3.93. The predicted molar refractivity (Wildman–Crippen MR) is 104 cm³/mol. The molecule has 1 amide bonds. The predicted octanol–water partition coefficient (Wildman–Crippen LogP) is 5.13. The van der Waals surface area contributed by atoms with Crippen LogP contribution in [0.5, 0.6) is 17.2 Å². The molecule has 0 aromatic heterocycles. The van der Waals surface area contributed by atoms with Gasteiger partial charge in [-0.3, -0.25) is 15.1 Å². The van der Waals surface area contributed by atoms with Crippen molar-refractivity contribution in [2.75, 3.05) is 11.7 Å². The molecule has 4 rings (SSSR count). The summed E-state index contributed by atoms with van der Waals surface area (Å²) in [6.07, 6.45) is -3.20. The molecule has 2 heterocycles. The number of benzene rings is 2. The van der Waals surface area contributed by atoms with Crippen molar-refractivity contribution >= 4 is 50.5 Å². The number of alkyl halides is 3. The van der Waals surface area contributed by atoms with Gasteiger partial charge in [-0.05, 0) is 59.8 Å². The Bertz CT molecular complexity index is 1040. The van der Waals surface area contributed by atoms with Crippen molar-refractivity contribution in [2.45, 2.75) is 6.36 Å². The molecule has 1 N–H and O–H groups in total. The summed E-state index contributed by atoms with van der Waals surface area (Å²) < 4.78 is 52.0. The Hall–Kier alpha value is -2.66. The quantitative estimate of drug-likeness (QED) is 0.608. The normalized spacial score (nSPS) is 17.4. The van der Waals surface area contributed by atoms with Crippen molar-refractivity contribution in [3.8, 4) is 17.2 Å². The molecule has 1 fully saturated rings. The van der Waals surface area contributed by atoms with Crippen molar-refractivity contribution in [3.63, 3.8) is 0 Å². The Morgan fingerprint density at radius 2 is 1.83 bits per heavy atom. The van der Waals surface area contributed by atoms with Crippen LogP contribution in [-0.2, 0) is 4.79 Å². The molecule has 2 aliphatic heterocycles. The Kier molecular flexibility index (Phi) is 4.95. The summed E-state index contributed by atoms with van der Waals surface area (Å²) >= 11 is 4.35. The topological polar surface area (TPSA) is 71.9 Å². The van der Waals surface area contributed by atoms with Crippen molar-refractivity contribution in [2.24, 2.45) is 0 Å². The third kappa shape index (κ3) is 4.06. The second-order valence-corrected chi connectivity index (χ2v) is 7.71. The molecule has 2 aromatic rings. The van der Waals surface area contributed by atoms with Gasteiger partial charge < -0.3 is 14.2 Å². The molecular weight excluding hydrogens is 477 g/mol. The monoisotopic (exact) mass is 486 g/mol. The molecule has 0 bridgehead atoms. The number of nitrogens with one attached hydrogen (secondary N) is 1. The second-order valence-electron chi connectivity index (χ2n) is 5.83. The minimum atomic E-state index is -4.80. The lowest BCUT2D eigenvalue weighted by atomic mass is 10.2. The van der Waals surface area contributed by atoms with E-state index in [0.717, 1.165) is 28.8 Å². The maximum Gasteiger partial charge on any atom is 0.573 e. The molecule has 2 aromatic carbocycles. The van der Waals surface area contributed by atoms with Crippen LogP contribution in [-0.4, -0.2) is 24.2 Å². The van der Waals surface area contributed by atoms with Gasteiger partial charge in [-0.25, -0.2) is 0 Å². The highest BCUT2D eigenvalue weighted by molar-refractivity contribution is 9.10. The number of amidine groups is 1. The number of halogens is 4. The van der Waals surface area contributed by atoms with Gasteiger partial charge >= 0.3 is 6.36 Å². The summed E-state index contributed by atoms with van der Waals surface area (Å²) in [5.74, 6) is 0.254. The summed E-state index contributed by atoms with van der Waals surface area (Å²) in [7, 11) is 0. The van der Waals surface area contributed by atoms with Gasteiger partial charge in [-0.15, -0.1) is 13.2 Å². The highest BCUT2D eigenvalue weighted by atomic mass is 79.9. The largest absolute Gasteiger partial charge is 0.573 e. The number of anilines is 1. The molecule has 11 heteroatoms. The van der Waals surface area contributed by atoms with E-state index in [2.05, 4.69) is 20.7 Å². The second kappa shape index (κ2) is 7.30. The van der Waals surface area contributed by atoms with Crippen molar-refractivity contribution < 1.29 is 32.2 Å². The van der Waals surface area contributed by atoms with Crippen LogP contribution in [0.4, 0.5) is 18.9 Å². The van der Waals surface area contributed by atoms with E-state index in [1.807, 2.05) is 0 Å². The van der Waals surface area contributed by atoms with Crippen LogP contribution in [0.1, 0.15) is 5.56 Å². The Balaban J connectivity index is 1.59. The average Bonchev–Trinajstić information content (AvgIpc) is 3.19. The van der Waals surface area contributed by atoms with Crippen LogP contribution in [0.25, 0.3) is 6.08 Å². The van der Waals surface area contributed by atoms with E-state index < -0.39 is 18.0 Å². The smallest absolute Gasteiger partial charge is 0.454 e. The molecule has 0 radical (unpaired) electrons. The van der Waals surface area contributed by atoms with Gasteiger partial charge in [0.25, 0.3) is 5.91 Å². The van der Waals surface area contributed by atoms with Gasteiger partial charge in [0, 0.05) is 4.47 Å². The lowest BCUT2D eigenvalue weighted by Gasteiger charge is -2.15. The molecule has 0 atom stereocenters. The lowest BCUT2D eigenvalue weighted by molar-refractivity contribution is -0.274. The van der Waals surface area contributed by atoms with E-state index in [1.54, 1.807) is 18.2 Å². The first-order valence-corrected chi connectivity index (χ1v) is 9.60. The van der Waals surface area contributed by atoms with E-state index in [9.17, 15) is 18.0 Å². The molecule has 0 unspecified atom stereocenters. The minimum absolute atomic E-state index is 0.0670. The molecule has 0 saturated carbocycles. The number of amides is 1. The molecular formula is C18H10BrF3N2O4S. The summed E-state index contributed by atoms with van der Waals surface area (Å²) in [6, 6.07) is 8.18. The van der Waals surface area contributed by atoms with E-state index >= 15 is 0 Å². The van der Waals surface area contributed by atoms with Crippen LogP contribution >= 0.6 is 27.7 Å². The van der Waals surface area contributed by atoms with E-state index in [4.69, 9.17) is 14.9 Å². The first kappa shape index (κ1) is 19.6. The van der Waals surface area contributed by atoms with Gasteiger partial charge in [-0.2, -0.15) is 0 Å². The number of hydrogen-bond acceptors (Lipinski definition) is 6. The molecule has 29 heavy (non-hydrogen) atoms. The van der Waals surface area contributed by atoms with Crippen molar-refractivity contribution in [1.29, 1.82) is 5.41 Å². The zero-order valence-electron chi connectivity index (χ0n) is 14.2. The number of hydrogen-bond donors (Lipinski definition) is 1. The number of ether oxygens (including phenoxy) is 3. The van der Waals surface area contributed by atoms with E-state index in [0.29, 0.717) is 21.5 Å². The van der Waals surface area contributed by atoms with Gasteiger partial charge in [0.15, 0.2) is 16.7 Å². The first-order chi connectivity index (χ1) is 13.7. The molecule has 6 nitrogen and oxygen atoms in total. The Labute approximate surface area is 174 Å². The SMILES string of the molecule is N=C1S/C(=C\c2cc3c(cc2Br)OCO3)C(=O)N1c1ccc(OC(F)(F)F)cc1. The Morgan fingerprint density at radius 1 is 1.17 bits per heavy atom. The number of rotatable bonds is 3. The Morgan fingerprint density at radius 3 is 2.48 bits per heavy atom. The molecule has 150 valence electrons. The average molecular weight is 487 g/mol. The molecule has 2 aliphatic rings. The first-order valence-electron chi connectivity index (χ1n) is 7.99. The van der Waals surface area contributed by atoms with Crippen LogP contribution in [0.2, 0.25) is 0 Å². The highest BCUT2D eigenvalue weighted by Crippen LogP contribution is 2.40. The fourth-order valence-electron chi connectivity index (χ4n) is 2.70. The standard InChI is InChI=1S/C18H10BrF3N2O4S/c19-12-7-14-13(26-8-27-14)5-9(12)6-15-16(25)24(17(23)29-15)10-1-3-11(4-2-10)28-18(20,21)22/h1-7,23H,8H2/b15-6-,23-17?. The van der Waals surface area contributed by atoms with Crippen molar-refractivity contribution in [1.82, 2.24) is 0 Å². The fourth-order valence-corrected chi connectivity index (χ4v) is 3.99. The minimum Gasteiger partial charge on any atom is -0.454 e. The zero-order chi connectivity index (χ0) is 20.8. The van der Waals surface area contributed by atoms with Crippen LogP contribution in [0.3, 0.4) is 0 Å². The van der Waals surface area contributed by atoms with Crippen molar-refractivity contribution in [3.05, 3.63) is 51.3 Å². The maximum atomic E-state index is 12.8. The third-order valence-corrected chi connectivity index (χ3v) is 5.51. The summed E-state index contributed by atoms with van der Waals surface area (Å²) in [5, 5.41) is 8.04. The number of carbonyl (C=O) groups excluding carboxylic acids is 1. The fraction of sp³-hybridized carbons (Fsp3) is 0.111. The zero-order valence-corrected chi connectivity index (χ0v) is 16.7. The number of thioether (sulfide) groups is 1. The number of fused-ring (bicyclic) bond motifs is 1. The van der Waals surface area contributed by atoms with Gasteiger partial charge in [-0.1, -0.05) is 15.9 Å². The summed E-state index contributed by atoms with van der Waals surface area (Å²) in [4.78, 5) is 14.2. The summed E-state index contributed by atoms with van der Waals surface area (Å²) in [6.45, 7) is 0.113. The van der Waals surface area contributed by atoms with Gasteiger partial charge in [0.2, 0.25) is 6.79 Å². The highest BCUT2D eigenvalue weighted by Gasteiger charge is 2.35. The number of carbonyl (C=O) groups is 1. The lowest BCUT2D eigenvalue weighted by Crippen LogP contribution is -2.28. The maximum absolute atomic E-state index is 12.8. The van der Waals surface area contributed by atoms with Gasteiger partial charge in [0.1, 0.15) is 5.75 Å². The van der Waals surface area contributed by atoms with Gasteiger partial charge in [0.05, 0.1) is 10.6 Å². The van der Waals surface area contributed by atoms with E-state index in [-0.39, 0.29) is 22.6 Å². The molecule has 0 aliphatic carbocycles. The number of nitrogens with zero attached hydrogens (tertiary/aromatic N) is 1. The summed E-state index contributed by atoms with van der Waals surface area (Å²) in [5.41, 5.74) is 0.920. The van der Waals surface area contributed by atoms with Crippen LogP contribution < -0.4 is 19.1 Å². The van der Waals surface area contributed by atoms with E-state index in [1.165, 1.54) is 12.1 Å². The van der Waals surface area contributed by atoms with Crippen LogP contribution in [0, 0.1) is 5.41 Å². The van der Waals surface area contributed by atoms with Crippen LogP contribution in [0.15, 0.2) is 45.8 Å². The molecule has 0 spiro atoms. The molecule has 1 saturated heterocycles.